The zero-order chi connectivity index (χ0) is 17.2. The molecule has 1 aromatic carbocycles. The predicted octanol–water partition coefficient (Wildman–Crippen LogP) is 4.40. The number of anilines is 1. The molecule has 0 saturated carbocycles. The second-order valence-corrected chi connectivity index (χ2v) is 6.35. The summed E-state index contributed by atoms with van der Waals surface area (Å²) in [4.78, 5) is 9.41. The van der Waals surface area contributed by atoms with E-state index >= 15 is 0 Å². The fraction of sp³-hybridized carbons (Fsp3) is 0.118. The monoisotopic (exact) mass is 357 g/mol. The summed E-state index contributed by atoms with van der Waals surface area (Å²) >= 11 is 1.43. The Kier molecular flexibility index (Phi) is 4.10. The first-order valence-corrected chi connectivity index (χ1v) is 8.38. The summed E-state index contributed by atoms with van der Waals surface area (Å²) < 4.78 is 26.8. The summed E-state index contributed by atoms with van der Waals surface area (Å²) in [6, 6.07) is 10.1. The van der Waals surface area contributed by atoms with E-state index < -0.39 is 6.43 Å². The van der Waals surface area contributed by atoms with Gasteiger partial charge in [-0.15, -0.1) is 5.10 Å². The van der Waals surface area contributed by atoms with Gasteiger partial charge in [0, 0.05) is 30.1 Å². The normalized spacial score (nSPS) is 11.3. The molecule has 8 heteroatoms. The molecule has 4 aromatic rings. The highest BCUT2D eigenvalue weighted by Gasteiger charge is 2.10. The molecule has 126 valence electrons. The quantitative estimate of drug-likeness (QED) is 0.575. The number of halogens is 2. The molecule has 0 atom stereocenters. The van der Waals surface area contributed by atoms with Crippen molar-refractivity contribution in [2.45, 2.75) is 13.0 Å². The molecule has 0 aliphatic heterocycles. The molecule has 0 fully saturated rings. The van der Waals surface area contributed by atoms with Crippen LogP contribution >= 0.6 is 11.3 Å². The van der Waals surface area contributed by atoms with Gasteiger partial charge in [-0.05, 0) is 17.7 Å². The van der Waals surface area contributed by atoms with Crippen molar-refractivity contribution in [3.63, 3.8) is 0 Å². The van der Waals surface area contributed by atoms with Crippen LogP contribution in [-0.2, 0) is 6.54 Å². The molecule has 0 aliphatic rings. The SMILES string of the molecule is FC(F)c1ccc(CNc2nn3cc(-c4cccnc4)nc3s2)cc1. The third kappa shape index (κ3) is 3.34. The lowest BCUT2D eigenvalue weighted by Crippen LogP contribution is -1.99. The average molecular weight is 357 g/mol. The smallest absolute Gasteiger partial charge is 0.263 e. The van der Waals surface area contributed by atoms with Gasteiger partial charge in [0.2, 0.25) is 10.1 Å². The summed E-state index contributed by atoms with van der Waals surface area (Å²) in [6.45, 7) is 0.510. The molecule has 3 aromatic heterocycles. The van der Waals surface area contributed by atoms with Crippen LogP contribution in [0.4, 0.5) is 13.9 Å². The van der Waals surface area contributed by atoms with E-state index in [1.807, 2.05) is 18.3 Å². The molecule has 4 rings (SSSR count). The number of benzene rings is 1. The lowest BCUT2D eigenvalue weighted by Gasteiger charge is -2.04. The summed E-state index contributed by atoms with van der Waals surface area (Å²) in [5, 5.41) is 8.35. The van der Waals surface area contributed by atoms with Crippen molar-refractivity contribution in [3.05, 3.63) is 66.1 Å². The van der Waals surface area contributed by atoms with Crippen LogP contribution in [0.2, 0.25) is 0 Å². The van der Waals surface area contributed by atoms with E-state index in [0.29, 0.717) is 6.54 Å². The van der Waals surface area contributed by atoms with Crippen LogP contribution in [0, 0.1) is 0 Å². The van der Waals surface area contributed by atoms with E-state index in [0.717, 1.165) is 26.9 Å². The van der Waals surface area contributed by atoms with Crippen molar-refractivity contribution in [3.8, 4) is 11.3 Å². The Bertz CT molecular complexity index is 948. The first-order valence-electron chi connectivity index (χ1n) is 7.56. The Morgan fingerprint density at radius 1 is 1.16 bits per heavy atom. The van der Waals surface area contributed by atoms with Crippen molar-refractivity contribution in [1.29, 1.82) is 0 Å². The molecule has 0 saturated heterocycles. The van der Waals surface area contributed by atoms with Crippen LogP contribution in [0.1, 0.15) is 17.6 Å². The highest BCUT2D eigenvalue weighted by atomic mass is 32.1. The molecule has 0 amide bonds. The number of rotatable bonds is 5. The van der Waals surface area contributed by atoms with E-state index in [4.69, 9.17) is 0 Å². The molecular formula is C17H13F2N5S. The predicted molar refractivity (Wildman–Crippen MR) is 92.8 cm³/mol. The topological polar surface area (TPSA) is 55.1 Å². The molecule has 0 radical (unpaired) electrons. The van der Waals surface area contributed by atoms with Gasteiger partial charge in [0.15, 0.2) is 0 Å². The number of hydrogen-bond donors (Lipinski definition) is 1. The van der Waals surface area contributed by atoms with Crippen LogP contribution in [0.25, 0.3) is 16.2 Å². The fourth-order valence-corrected chi connectivity index (χ4v) is 3.16. The maximum absolute atomic E-state index is 12.5. The lowest BCUT2D eigenvalue weighted by atomic mass is 10.1. The highest BCUT2D eigenvalue weighted by Crippen LogP contribution is 2.24. The van der Waals surface area contributed by atoms with Crippen LogP contribution in [0.3, 0.4) is 0 Å². The number of aromatic nitrogens is 4. The molecule has 0 bridgehead atoms. The van der Waals surface area contributed by atoms with Gasteiger partial charge in [-0.1, -0.05) is 35.6 Å². The summed E-state index contributed by atoms with van der Waals surface area (Å²) in [6.07, 6.45) is 2.89. The Hall–Kier alpha value is -2.87. The second-order valence-electron chi connectivity index (χ2n) is 5.40. The van der Waals surface area contributed by atoms with Crippen molar-refractivity contribution < 1.29 is 8.78 Å². The molecule has 5 nitrogen and oxygen atoms in total. The second kappa shape index (κ2) is 6.56. The van der Waals surface area contributed by atoms with Crippen LogP contribution < -0.4 is 5.32 Å². The van der Waals surface area contributed by atoms with E-state index in [2.05, 4.69) is 20.4 Å². The third-order valence-electron chi connectivity index (χ3n) is 3.68. The van der Waals surface area contributed by atoms with Gasteiger partial charge in [0.05, 0.1) is 11.9 Å². The first-order chi connectivity index (χ1) is 12.2. The zero-order valence-corrected chi connectivity index (χ0v) is 13.8. The Labute approximate surface area is 146 Å². The molecule has 0 unspecified atom stereocenters. The summed E-state index contributed by atoms with van der Waals surface area (Å²) in [5.41, 5.74) is 2.70. The molecule has 3 heterocycles. The fourth-order valence-electron chi connectivity index (χ4n) is 2.38. The van der Waals surface area contributed by atoms with Gasteiger partial charge in [0.25, 0.3) is 6.43 Å². The van der Waals surface area contributed by atoms with Crippen molar-refractivity contribution >= 4 is 21.4 Å². The largest absolute Gasteiger partial charge is 0.356 e. The number of nitrogens with zero attached hydrogens (tertiary/aromatic N) is 4. The van der Waals surface area contributed by atoms with Crippen molar-refractivity contribution in [2.24, 2.45) is 0 Å². The van der Waals surface area contributed by atoms with Crippen LogP contribution in [0.5, 0.6) is 0 Å². The minimum Gasteiger partial charge on any atom is -0.356 e. The molecule has 0 spiro atoms. The highest BCUT2D eigenvalue weighted by molar-refractivity contribution is 7.20. The van der Waals surface area contributed by atoms with Gasteiger partial charge in [-0.3, -0.25) is 4.98 Å². The molecule has 25 heavy (non-hydrogen) atoms. The lowest BCUT2D eigenvalue weighted by molar-refractivity contribution is 0.151. The van der Waals surface area contributed by atoms with Gasteiger partial charge >= 0.3 is 0 Å². The van der Waals surface area contributed by atoms with Gasteiger partial charge < -0.3 is 5.32 Å². The van der Waals surface area contributed by atoms with Crippen molar-refractivity contribution in [2.75, 3.05) is 5.32 Å². The number of nitrogens with one attached hydrogen (secondary N) is 1. The Morgan fingerprint density at radius 2 is 2.00 bits per heavy atom. The van der Waals surface area contributed by atoms with Gasteiger partial charge in [-0.2, -0.15) is 0 Å². The average Bonchev–Trinajstić information content (AvgIpc) is 3.20. The maximum atomic E-state index is 12.5. The Morgan fingerprint density at radius 3 is 2.68 bits per heavy atom. The van der Waals surface area contributed by atoms with E-state index in [1.54, 1.807) is 29.0 Å². The first kappa shape index (κ1) is 15.6. The number of imidazole rings is 1. The molecule has 1 N–H and O–H groups in total. The minimum atomic E-state index is -2.44. The molecular weight excluding hydrogens is 344 g/mol. The van der Waals surface area contributed by atoms with Crippen LogP contribution in [0.15, 0.2) is 55.0 Å². The number of fused-ring (bicyclic) bond motifs is 1. The summed E-state index contributed by atoms with van der Waals surface area (Å²) in [5.74, 6) is 0. The van der Waals surface area contributed by atoms with E-state index in [-0.39, 0.29) is 5.56 Å². The van der Waals surface area contributed by atoms with Crippen molar-refractivity contribution in [1.82, 2.24) is 19.6 Å². The number of alkyl halides is 2. The van der Waals surface area contributed by atoms with Gasteiger partial charge in [-0.25, -0.2) is 18.3 Å². The standard InChI is InChI=1S/C17H13F2N5S/c18-15(19)12-5-3-11(4-6-12)8-21-16-23-24-10-14(22-17(24)25-16)13-2-1-7-20-9-13/h1-7,9-10,15H,8H2,(H,21,23). The maximum Gasteiger partial charge on any atom is 0.263 e. The Balaban J connectivity index is 1.46. The summed E-state index contributed by atoms with van der Waals surface area (Å²) in [7, 11) is 0. The van der Waals surface area contributed by atoms with Crippen LogP contribution in [-0.4, -0.2) is 19.6 Å². The van der Waals surface area contributed by atoms with E-state index in [1.165, 1.54) is 23.5 Å². The molecule has 0 aliphatic carbocycles. The van der Waals surface area contributed by atoms with Gasteiger partial charge in [0.1, 0.15) is 0 Å². The van der Waals surface area contributed by atoms with E-state index in [9.17, 15) is 8.78 Å². The zero-order valence-electron chi connectivity index (χ0n) is 12.9. The number of hydrogen-bond acceptors (Lipinski definition) is 5. The minimum absolute atomic E-state index is 0.0272. The number of pyridine rings is 1. The third-order valence-corrected chi connectivity index (χ3v) is 4.56.